The lowest BCUT2D eigenvalue weighted by Gasteiger charge is -2.43. The maximum Gasteiger partial charge on any atom is 0.328 e. The van der Waals surface area contributed by atoms with Crippen LogP contribution in [0.3, 0.4) is 0 Å². The second-order valence-electron chi connectivity index (χ2n) is 6.07. The van der Waals surface area contributed by atoms with Crippen LogP contribution < -0.4 is 0 Å². The van der Waals surface area contributed by atoms with Crippen LogP contribution in [0.5, 0.6) is 0 Å². The van der Waals surface area contributed by atoms with Crippen LogP contribution in [0.25, 0.3) is 0 Å². The second kappa shape index (κ2) is 6.22. The lowest BCUT2D eigenvalue weighted by Crippen LogP contribution is -2.57. The zero-order chi connectivity index (χ0) is 16.6. The van der Waals surface area contributed by atoms with Gasteiger partial charge in [0.25, 0.3) is 5.91 Å². The number of benzene rings is 1. The average Bonchev–Trinajstić information content (AvgIpc) is 2.90. The second-order valence-corrected chi connectivity index (χ2v) is 6.92. The number of hydrogen-bond acceptors (Lipinski definition) is 4. The van der Waals surface area contributed by atoms with Crippen LogP contribution in [0.2, 0.25) is 0 Å². The Bertz CT molecular complexity index is 628. The summed E-state index contributed by atoms with van der Waals surface area (Å²) in [4.78, 5) is 28.3. The van der Waals surface area contributed by atoms with Crippen LogP contribution in [0.4, 0.5) is 0 Å². The number of hydrogen-bond donors (Lipinski definition) is 1. The average molecular weight is 383 g/mol. The minimum absolute atomic E-state index is 0.0369. The van der Waals surface area contributed by atoms with Crippen molar-refractivity contribution < 1.29 is 19.4 Å². The summed E-state index contributed by atoms with van der Waals surface area (Å²) in [6.45, 7) is 1.58. The van der Waals surface area contributed by atoms with Gasteiger partial charge < -0.3 is 14.7 Å². The highest BCUT2D eigenvalue weighted by atomic mass is 79.9. The third-order valence-electron chi connectivity index (χ3n) is 4.64. The molecule has 3 rings (SSSR count). The minimum Gasteiger partial charge on any atom is -0.480 e. The topological polar surface area (TPSA) is 70.1 Å². The van der Waals surface area contributed by atoms with Crippen LogP contribution in [0, 0.1) is 0 Å². The van der Waals surface area contributed by atoms with Gasteiger partial charge in [0.15, 0.2) is 6.04 Å². The molecule has 23 heavy (non-hydrogen) atoms. The van der Waals surface area contributed by atoms with Gasteiger partial charge >= 0.3 is 5.97 Å². The Labute approximate surface area is 143 Å². The Morgan fingerprint density at radius 1 is 1.30 bits per heavy atom. The molecule has 1 aromatic carbocycles. The number of amides is 1. The molecule has 7 heteroatoms. The SMILES string of the molecule is CN1CCC2(CC1)OC[C@@H](C(=O)O)N2C(=O)c1ccccc1Br. The van der Waals surface area contributed by atoms with Crippen molar-refractivity contribution in [2.75, 3.05) is 26.7 Å². The molecule has 0 unspecified atom stereocenters. The number of carbonyl (C=O) groups is 2. The molecule has 1 amide bonds. The summed E-state index contributed by atoms with van der Waals surface area (Å²) < 4.78 is 6.54. The predicted molar refractivity (Wildman–Crippen MR) is 87.1 cm³/mol. The van der Waals surface area contributed by atoms with Crippen LogP contribution >= 0.6 is 15.9 Å². The molecule has 2 fully saturated rings. The van der Waals surface area contributed by atoms with E-state index in [0.717, 1.165) is 13.1 Å². The van der Waals surface area contributed by atoms with Gasteiger partial charge in [0.2, 0.25) is 0 Å². The Hall–Kier alpha value is -1.44. The van der Waals surface area contributed by atoms with E-state index in [-0.39, 0.29) is 12.5 Å². The maximum absolute atomic E-state index is 13.1. The summed E-state index contributed by atoms with van der Waals surface area (Å²) in [7, 11) is 2.01. The molecule has 124 valence electrons. The number of rotatable bonds is 2. The fourth-order valence-corrected chi connectivity index (χ4v) is 3.74. The Balaban J connectivity index is 1.98. The number of nitrogens with zero attached hydrogens (tertiary/aromatic N) is 2. The number of piperidine rings is 1. The normalized spacial score (nSPS) is 24.1. The van der Waals surface area contributed by atoms with Gasteiger partial charge in [0.1, 0.15) is 5.72 Å². The van der Waals surface area contributed by atoms with Crippen molar-refractivity contribution in [3.05, 3.63) is 34.3 Å². The molecule has 2 saturated heterocycles. The minimum atomic E-state index is -1.03. The molecule has 6 nitrogen and oxygen atoms in total. The van der Waals surface area contributed by atoms with Crippen molar-refractivity contribution in [1.82, 2.24) is 9.80 Å². The molecule has 2 aliphatic heterocycles. The molecule has 1 atom stereocenters. The third kappa shape index (κ3) is 2.88. The molecular weight excluding hydrogens is 364 g/mol. The van der Waals surface area contributed by atoms with Gasteiger partial charge in [-0.05, 0) is 35.1 Å². The lowest BCUT2D eigenvalue weighted by molar-refractivity contribution is -0.143. The number of carboxylic acid groups (broad SMARTS) is 1. The van der Waals surface area contributed by atoms with Crippen molar-refractivity contribution in [1.29, 1.82) is 0 Å². The van der Waals surface area contributed by atoms with E-state index >= 15 is 0 Å². The fraction of sp³-hybridized carbons (Fsp3) is 0.500. The van der Waals surface area contributed by atoms with E-state index in [0.29, 0.717) is 22.9 Å². The van der Waals surface area contributed by atoms with Gasteiger partial charge in [-0.25, -0.2) is 4.79 Å². The van der Waals surface area contributed by atoms with Gasteiger partial charge in [0.05, 0.1) is 12.2 Å². The largest absolute Gasteiger partial charge is 0.480 e. The number of ether oxygens (including phenoxy) is 1. The van der Waals surface area contributed by atoms with Crippen molar-refractivity contribution in [2.24, 2.45) is 0 Å². The monoisotopic (exact) mass is 382 g/mol. The number of carbonyl (C=O) groups excluding carboxylic acids is 1. The van der Waals surface area contributed by atoms with Gasteiger partial charge in [-0.1, -0.05) is 12.1 Å². The van der Waals surface area contributed by atoms with E-state index in [1.165, 1.54) is 4.90 Å². The van der Waals surface area contributed by atoms with Gasteiger partial charge in [-0.3, -0.25) is 9.69 Å². The molecule has 1 N–H and O–H groups in total. The molecule has 0 bridgehead atoms. The molecule has 2 aliphatic rings. The zero-order valence-electron chi connectivity index (χ0n) is 12.9. The van der Waals surface area contributed by atoms with E-state index in [1.54, 1.807) is 18.2 Å². The van der Waals surface area contributed by atoms with Gasteiger partial charge in [-0.2, -0.15) is 0 Å². The van der Waals surface area contributed by atoms with Gasteiger partial charge in [0, 0.05) is 30.4 Å². The molecule has 0 aromatic heterocycles. The summed E-state index contributed by atoms with van der Waals surface area (Å²) >= 11 is 3.38. The molecule has 2 heterocycles. The first-order chi connectivity index (χ1) is 10.9. The Morgan fingerprint density at radius 2 is 1.96 bits per heavy atom. The molecule has 0 saturated carbocycles. The van der Waals surface area contributed by atoms with E-state index in [9.17, 15) is 14.7 Å². The number of likely N-dealkylation sites (tertiary alicyclic amines) is 1. The summed E-state index contributed by atoms with van der Waals surface area (Å²) in [6.07, 6.45) is 1.23. The van der Waals surface area contributed by atoms with E-state index in [4.69, 9.17) is 4.74 Å². The summed E-state index contributed by atoms with van der Waals surface area (Å²) in [5.41, 5.74) is -0.357. The van der Waals surface area contributed by atoms with Crippen molar-refractivity contribution in [3.8, 4) is 0 Å². The smallest absolute Gasteiger partial charge is 0.328 e. The summed E-state index contributed by atoms with van der Waals surface area (Å²) in [6, 6.07) is 6.12. The number of aliphatic carboxylic acids is 1. The summed E-state index contributed by atoms with van der Waals surface area (Å²) in [5.74, 6) is -1.33. The lowest BCUT2D eigenvalue weighted by atomic mass is 9.97. The first-order valence-corrected chi connectivity index (χ1v) is 8.37. The van der Waals surface area contributed by atoms with E-state index in [2.05, 4.69) is 20.8 Å². The standard InChI is InChI=1S/C16H19BrN2O4/c1-18-8-6-16(7-9-18)19(13(10-23-16)15(21)22)14(20)11-4-2-3-5-12(11)17/h2-5,13H,6-10H2,1H3,(H,21,22)/t13-/m0/s1. The quantitative estimate of drug-likeness (QED) is 0.844. The third-order valence-corrected chi connectivity index (χ3v) is 5.33. The van der Waals surface area contributed by atoms with Crippen LogP contribution in [0.1, 0.15) is 23.2 Å². The molecule has 1 aromatic rings. The van der Waals surface area contributed by atoms with Crippen LogP contribution in [-0.4, -0.2) is 65.3 Å². The van der Waals surface area contributed by atoms with Crippen LogP contribution in [0.15, 0.2) is 28.7 Å². The first kappa shape index (κ1) is 16.4. The summed E-state index contributed by atoms with van der Waals surface area (Å²) in [5, 5.41) is 9.52. The van der Waals surface area contributed by atoms with Crippen molar-refractivity contribution >= 4 is 27.8 Å². The van der Waals surface area contributed by atoms with Crippen molar-refractivity contribution in [2.45, 2.75) is 24.6 Å². The number of halogens is 1. The zero-order valence-corrected chi connectivity index (χ0v) is 14.5. The Morgan fingerprint density at radius 3 is 2.57 bits per heavy atom. The Kier molecular flexibility index (Phi) is 4.44. The van der Waals surface area contributed by atoms with Crippen LogP contribution in [-0.2, 0) is 9.53 Å². The van der Waals surface area contributed by atoms with Gasteiger partial charge in [-0.15, -0.1) is 0 Å². The highest BCUT2D eigenvalue weighted by Crippen LogP contribution is 2.38. The highest BCUT2D eigenvalue weighted by molar-refractivity contribution is 9.10. The fourth-order valence-electron chi connectivity index (χ4n) is 3.29. The van der Waals surface area contributed by atoms with E-state index in [1.807, 2.05) is 13.1 Å². The maximum atomic E-state index is 13.1. The predicted octanol–water partition coefficient (Wildman–Crippen LogP) is 1.80. The molecule has 0 radical (unpaired) electrons. The first-order valence-electron chi connectivity index (χ1n) is 7.58. The molecule has 0 aliphatic carbocycles. The molecular formula is C16H19BrN2O4. The van der Waals surface area contributed by atoms with Crippen molar-refractivity contribution in [3.63, 3.8) is 0 Å². The van der Waals surface area contributed by atoms with E-state index < -0.39 is 17.7 Å². The molecule has 1 spiro atoms. The number of carboxylic acids is 1. The highest BCUT2D eigenvalue weighted by Gasteiger charge is 2.53.